The lowest BCUT2D eigenvalue weighted by Gasteiger charge is -2.18. The summed E-state index contributed by atoms with van der Waals surface area (Å²) in [5.41, 5.74) is 0. The summed E-state index contributed by atoms with van der Waals surface area (Å²) in [6.07, 6.45) is 91.2. The number of esters is 3. The van der Waals surface area contributed by atoms with Gasteiger partial charge < -0.3 is 14.2 Å². The second-order valence-corrected chi connectivity index (χ2v) is 22.0. The zero-order valence-corrected chi connectivity index (χ0v) is 51.9. The molecule has 0 amide bonds. The summed E-state index contributed by atoms with van der Waals surface area (Å²) in [6.45, 7) is 6.51. The number of hydrogen-bond acceptors (Lipinski definition) is 6. The predicted molar refractivity (Wildman–Crippen MR) is 343 cm³/mol. The molecule has 6 nitrogen and oxygen atoms in total. The fourth-order valence-electron chi connectivity index (χ4n) is 9.28. The van der Waals surface area contributed by atoms with E-state index in [0.29, 0.717) is 19.3 Å². The highest BCUT2D eigenvalue weighted by atomic mass is 16.6. The second-order valence-electron chi connectivity index (χ2n) is 22.0. The van der Waals surface area contributed by atoms with E-state index in [-0.39, 0.29) is 31.1 Å². The molecule has 452 valence electrons. The maximum Gasteiger partial charge on any atom is 0.306 e. The quantitative estimate of drug-likeness (QED) is 0.0261. The van der Waals surface area contributed by atoms with E-state index in [1.54, 1.807) is 0 Å². The van der Waals surface area contributed by atoms with Gasteiger partial charge in [-0.15, -0.1) is 0 Å². The Morgan fingerprint density at radius 1 is 0.266 bits per heavy atom. The van der Waals surface area contributed by atoms with E-state index in [1.807, 2.05) is 0 Å². The lowest BCUT2D eigenvalue weighted by Crippen LogP contribution is -2.30. The van der Waals surface area contributed by atoms with Crippen molar-refractivity contribution in [1.82, 2.24) is 0 Å². The van der Waals surface area contributed by atoms with Crippen molar-refractivity contribution in [3.8, 4) is 0 Å². The van der Waals surface area contributed by atoms with Gasteiger partial charge in [-0.1, -0.05) is 297 Å². The first-order valence-corrected chi connectivity index (χ1v) is 33.4. The van der Waals surface area contributed by atoms with Gasteiger partial charge in [-0.05, 0) is 109 Å². The topological polar surface area (TPSA) is 78.9 Å². The Labute approximate surface area is 489 Å². The molecule has 1 unspecified atom stereocenters. The van der Waals surface area contributed by atoms with Crippen LogP contribution >= 0.6 is 0 Å². The third-order valence-electron chi connectivity index (χ3n) is 14.3. The summed E-state index contributed by atoms with van der Waals surface area (Å²) in [5.74, 6) is -0.883. The number of carbonyl (C=O) groups is 3. The molecule has 0 aliphatic rings. The Morgan fingerprint density at radius 2 is 0.494 bits per heavy atom. The van der Waals surface area contributed by atoms with Crippen molar-refractivity contribution >= 4 is 17.9 Å². The summed E-state index contributed by atoms with van der Waals surface area (Å²) < 4.78 is 16.9. The summed E-state index contributed by atoms with van der Waals surface area (Å²) in [7, 11) is 0. The molecule has 0 bridgehead atoms. The summed E-state index contributed by atoms with van der Waals surface area (Å²) in [5, 5.41) is 0. The summed E-state index contributed by atoms with van der Waals surface area (Å²) >= 11 is 0. The van der Waals surface area contributed by atoms with Crippen molar-refractivity contribution in [3.05, 3.63) is 109 Å². The van der Waals surface area contributed by atoms with Crippen LogP contribution in [0.15, 0.2) is 109 Å². The Morgan fingerprint density at radius 3 is 0.785 bits per heavy atom. The van der Waals surface area contributed by atoms with Crippen LogP contribution in [0.3, 0.4) is 0 Å². The molecule has 0 aromatic rings. The van der Waals surface area contributed by atoms with Gasteiger partial charge in [0.15, 0.2) is 6.10 Å². The monoisotopic (exact) mass is 1100 g/mol. The van der Waals surface area contributed by atoms with Gasteiger partial charge in [0, 0.05) is 19.3 Å². The van der Waals surface area contributed by atoms with Gasteiger partial charge in [0.05, 0.1) is 0 Å². The molecule has 0 heterocycles. The number of unbranched alkanes of at least 4 members (excludes halogenated alkanes) is 31. The maximum atomic E-state index is 12.9. The van der Waals surface area contributed by atoms with E-state index in [0.717, 1.165) is 109 Å². The van der Waals surface area contributed by atoms with Crippen molar-refractivity contribution in [3.63, 3.8) is 0 Å². The highest BCUT2D eigenvalue weighted by Gasteiger charge is 2.19. The molecule has 0 aliphatic carbocycles. The van der Waals surface area contributed by atoms with Crippen LogP contribution in [0.4, 0.5) is 0 Å². The van der Waals surface area contributed by atoms with Crippen molar-refractivity contribution in [2.45, 2.75) is 322 Å². The normalized spacial score (nSPS) is 12.8. The zero-order valence-electron chi connectivity index (χ0n) is 51.9. The van der Waals surface area contributed by atoms with Crippen LogP contribution in [0.2, 0.25) is 0 Å². The molecule has 0 saturated heterocycles. The maximum absolute atomic E-state index is 12.9. The molecule has 0 fully saturated rings. The van der Waals surface area contributed by atoms with Crippen LogP contribution in [0.5, 0.6) is 0 Å². The van der Waals surface area contributed by atoms with Gasteiger partial charge in [-0.2, -0.15) is 0 Å². The van der Waals surface area contributed by atoms with E-state index < -0.39 is 6.10 Å². The number of ether oxygens (including phenoxy) is 3. The first-order valence-electron chi connectivity index (χ1n) is 33.4. The largest absolute Gasteiger partial charge is 0.462 e. The molecule has 0 aromatic carbocycles. The van der Waals surface area contributed by atoms with E-state index in [1.165, 1.54) is 167 Å². The fourth-order valence-corrected chi connectivity index (χ4v) is 9.28. The highest BCUT2D eigenvalue weighted by molar-refractivity contribution is 5.71. The number of rotatable bonds is 60. The Balaban J connectivity index is 4.13. The molecule has 0 radical (unpaired) electrons. The number of carbonyl (C=O) groups excluding carboxylic acids is 3. The molecular formula is C73H124O6. The van der Waals surface area contributed by atoms with Gasteiger partial charge >= 0.3 is 17.9 Å². The molecule has 1 atom stereocenters. The SMILES string of the molecule is CC/C=C\C/C=C\C/C=C\C/C=C\C/C=C\C/C=C\C/C=C\C/C=C\CCCCCCCCCCCCC(=O)OCC(COC(=O)CCCCCCCCCC)OC(=O)CCCCCCCCC/C=C\CCCCCCCCC. The minimum absolute atomic E-state index is 0.0780. The molecular weight excluding hydrogens is 973 g/mol. The van der Waals surface area contributed by atoms with E-state index >= 15 is 0 Å². The smallest absolute Gasteiger partial charge is 0.306 e. The Bertz CT molecular complexity index is 1590. The van der Waals surface area contributed by atoms with Gasteiger partial charge in [-0.3, -0.25) is 14.4 Å². The lowest BCUT2D eigenvalue weighted by molar-refractivity contribution is -0.167. The minimum atomic E-state index is -0.780. The first-order chi connectivity index (χ1) is 39.0. The molecule has 79 heavy (non-hydrogen) atoms. The fraction of sp³-hybridized carbons (Fsp3) is 0.712. The van der Waals surface area contributed by atoms with Gasteiger partial charge in [0.1, 0.15) is 13.2 Å². The van der Waals surface area contributed by atoms with Crippen molar-refractivity contribution in [1.29, 1.82) is 0 Å². The van der Waals surface area contributed by atoms with Crippen LogP contribution in [-0.2, 0) is 28.6 Å². The zero-order chi connectivity index (χ0) is 57.1. The van der Waals surface area contributed by atoms with Crippen molar-refractivity contribution in [2.75, 3.05) is 13.2 Å². The third kappa shape index (κ3) is 64.8. The Hall–Kier alpha value is -3.93. The van der Waals surface area contributed by atoms with E-state index in [9.17, 15) is 14.4 Å². The average molecular weight is 1100 g/mol. The molecule has 0 aliphatic heterocycles. The molecule has 0 spiro atoms. The first kappa shape index (κ1) is 75.1. The lowest BCUT2D eigenvalue weighted by atomic mass is 10.1. The third-order valence-corrected chi connectivity index (χ3v) is 14.3. The van der Waals surface area contributed by atoms with Gasteiger partial charge in [-0.25, -0.2) is 0 Å². The number of hydrogen-bond donors (Lipinski definition) is 0. The van der Waals surface area contributed by atoms with Crippen LogP contribution in [0.1, 0.15) is 316 Å². The second kappa shape index (κ2) is 66.6. The molecule has 0 N–H and O–H groups in total. The van der Waals surface area contributed by atoms with Crippen LogP contribution in [-0.4, -0.2) is 37.2 Å². The molecule has 6 heteroatoms. The van der Waals surface area contributed by atoms with Crippen LogP contribution in [0, 0.1) is 0 Å². The standard InChI is InChI=1S/C73H124O6/c1-4-7-10-13-16-19-21-23-25-27-29-30-31-32-33-34-35-36-37-38-39-40-41-42-43-44-45-47-48-50-52-54-57-60-63-66-72(75)78-69-70(68-77-71(74)65-62-59-56-18-15-12-9-6-3)79-73(76)67-64-61-58-55-53-51-49-46-28-26-24-22-20-17-14-11-8-5-2/h7,10,16,19,23,25-26,28-30,32-33,35-36,38-39,41-42,70H,4-6,8-9,11-15,17-18,20-22,24,27,31,34,37,40,43-69H2,1-3H3/b10-7-,19-16-,25-23-,28-26-,30-29-,33-32-,36-35-,39-38-,42-41-. The van der Waals surface area contributed by atoms with Crippen molar-refractivity contribution in [2.24, 2.45) is 0 Å². The molecule has 0 aromatic heterocycles. The van der Waals surface area contributed by atoms with Crippen LogP contribution < -0.4 is 0 Å². The Kier molecular flexibility index (Phi) is 63.3. The molecule has 0 saturated carbocycles. The summed E-state index contributed by atoms with van der Waals surface area (Å²) in [4.78, 5) is 38.1. The highest BCUT2D eigenvalue weighted by Crippen LogP contribution is 2.16. The predicted octanol–water partition coefficient (Wildman–Crippen LogP) is 23.0. The summed E-state index contributed by atoms with van der Waals surface area (Å²) in [6, 6.07) is 0. The number of allylic oxidation sites excluding steroid dienone is 18. The molecule has 0 rings (SSSR count). The van der Waals surface area contributed by atoms with Crippen molar-refractivity contribution < 1.29 is 28.6 Å². The minimum Gasteiger partial charge on any atom is -0.462 e. The average Bonchev–Trinajstić information content (AvgIpc) is 3.45. The van der Waals surface area contributed by atoms with Gasteiger partial charge in [0.25, 0.3) is 0 Å². The van der Waals surface area contributed by atoms with E-state index in [2.05, 4.69) is 130 Å². The van der Waals surface area contributed by atoms with Gasteiger partial charge in [0.2, 0.25) is 0 Å². The van der Waals surface area contributed by atoms with E-state index in [4.69, 9.17) is 14.2 Å². The van der Waals surface area contributed by atoms with Crippen LogP contribution in [0.25, 0.3) is 0 Å².